The van der Waals surface area contributed by atoms with Gasteiger partial charge < -0.3 is 18.6 Å². The predicted molar refractivity (Wildman–Crippen MR) is 170 cm³/mol. The summed E-state index contributed by atoms with van der Waals surface area (Å²) in [4.78, 5) is 0. The van der Waals surface area contributed by atoms with E-state index in [0.717, 1.165) is 53.8 Å². The van der Waals surface area contributed by atoms with Crippen LogP contribution in [0.3, 0.4) is 0 Å². The Morgan fingerprint density at radius 1 is 1.14 bits per heavy atom. The molecule has 0 spiro atoms. The third kappa shape index (κ3) is 8.89. The molecule has 0 bridgehead atoms. The zero-order valence-electron chi connectivity index (χ0n) is 26.6. The molecule has 3 heterocycles. The molecule has 43 heavy (non-hydrogen) atoms. The maximum atomic E-state index is 11.0. The fourth-order valence-corrected chi connectivity index (χ4v) is 6.66. The molecular formula is C30H48N4O7SSi. The molecular weight excluding hydrogens is 589 g/mol. The first-order valence-corrected chi connectivity index (χ1v) is 19.6. The van der Waals surface area contributed by atoms with E-state index in [0.29, 0.717) is 19.8 Å². The van der Waals surface area contributed by atoms with E-state index in [-0.39, 0.29) is 35.6 Å². The van der Waals surface area contributed by atoms with E-state index in [1.165, 1.54) is 0 Å². The van der Waals surface area contributed by atoms with Gasteiger partial charge in [-0.2, -0.15) is 18.6 Å². The zero-order chi connectivity index (χ0) is 31.4. The first kappa shape index (κ1) is 33.6. The first-order chi connectivity index (χ1) is 20.1. The van der Waals surface area contributed by atoms with E-state index in [1.807, 2.05) is 28.7 Å². The van der Waals surface area contributed by atoms with Crippen LogP contribution in [0.4, 0.5) is 0 Å². The number of hydrogen-bond donors (Lipinski definition) is 1. The van der Waals surface area contributed by atoms with E-state index in [9.17, 15) is 8.42 Å². The lowest BCUT2D eigenvalue weighted by Crippen LogP contribution is -2.43. The minimum atomic E-state index is -4.00. The van der Waals surface area contributed by atoms with E-state index in [4.69, 9.17) is 28.3 Å². The lowest BCUT2D eigenvalue weighted by Gasteiger charge is -2.36. The van der Waals surface area contributed by atoms with Gasteiger partial charge in [0.15, 0.2) is 6.23 Å². The molecule has 3 unspecified atom stereocenters. The zero-order valence-corrected chi connectivity index (χ0v) is 28.4. The third-order valence-corrected chi connectivity index (χ3v) is 13.6. The highest BCUT2D eigenvalue weighted by Crippen LogP contribution is 2.40. The van der Waals surface area contributed by atoms with Gasteiger partial charge in [-0.15, -0.1) is 0 Å². The van der Waals surface area contributed by atoms with Gasteiger partial charge in [0.25, 0.3) is 10.1 Å². The number of aromatic nitrogens is 4. The molecule has 0 aliphatic carbocycles. The normalized spacial score (nSPS) is 18.2. The summed E-state index contributed by atoms with van der Waals surface area (Å²) >= 11 is 0. The molecule has 4 rings (SSSR count). The Balaban J connectivity index is 1.47. The highest BCUT2D eigenvalue weighted by Gasteiger charge is 2.39. The number of rotatable bonds is 14. The Hall–Kier alpha value is -2.29. The van der Waals surface area contributed by atoms with Crippen LogP contribution in [-0.4, -0.2) is 79.6 Å². The van der Waals surface area contributed by atoms with E-state index < -0.39 is 18.4 Å². The van der Waals surface area contributed by atoms with Crippen LogP contribution in [0.1, 0.15) is 66.2 Å². The molecule has 1 fully saturated rings. The van der Waals surface area contributed by atoms with Crippen molar-refractivity contribution in [3.63, 3.8) is 0 Å². The van der Waals surface area contributed by atoms with Gasteiger partial charge in [0, 0.05) is 23.8 Å². The standard InChI is InChI=1S/C30H48N4O7SSi/c1-22(21-42(35,36)37)19-38-14-15-39-20-23(2)33-18-24(17-31-33)29-26-16-25(41-43(6,7)30(3,4)5)11-12-27(26)34(32-29)28-10-8-9-13-40-28/h11-12,16-18,22-23,28H,8-10,13-15,19-21H2,1-7H3,(H,35,36,37). The molecule has 1 saturated heterocycles. The molecule has 3 aromatic rings. The van der Waals surface area contributed by atoms with Crippen LogP contribution >= 0.6 is 0 Å². The van der Waals surface area contributed by atoms with Crippen molar-refractivity contribution in [3.8, 4) is 17.0 Å². The number of ether oxygens (including phenoxy) is 3. The monoisotopic (exact) mass is 636 g/mol. The molecule has 1 aliphatic rings. The second-order valence-corrected chi connectivity index (χ2v) is 19.4. The van der Waals surface area contributed by atoms with Gasteiger partial charge in [-0.25, -0.2) is 4.68 Å². The maximum Gasteiger partial charge on any atom is 0.265 e. The predicted octanol–water partition coefficient (Wildman–Crippen LogP) is 6.10. The minimum Gasteiger partial charge on any atom is -0.543 e. The van der Waals surface area contributed by atoms with Gasteiger partial charge >= 0.3 is 0 Å². The number of fused-ring (bicyclic) bond motifs is 1. The Morgan fingerprint density at radius 3 is 2.51 bits per heavy atom. The summed E-state index contributed by atoms with van der Waals surface area (Å²) in [5, 5.41) is 10.8. The Kier molecular flexibility index (Phi) is 10.8. The fraction of sp³-hybridized carbons (Fsp3) is 0.667. The fourth-order valence-electron chi connectivity index (χ4n) is 4.82. The van der Waals surface area contributed by atoms with Gasteiger partial charge in [-0.3, -0.25) is 9.23 Å². The van der Waals surface area contributed by atoms with Crippen molar-refractivity contribution in [1.82, 2.24) is 19.6 Å². The van der Waals surface area contributed by atoms with E-state index in [1.54, 1.807) is 6.92 Å². The van der Waals surface area contributed by atoms with E-state index in [2.05, 4.69) is 57.2 Å². The summed E-state index contributed by atoms with van der Waals surface area (Å²) in [6, 6.07) is 6.23. The smallest absolute Gasteiger partial charge is 0.265 e. The first-order valence-electron chi connectivity index (χ1n) is 15.1. The van der Waals surface area contributed by atoms with Crippen molar-refractivity contribution in [2.24, 2.45) is 5.92 Å². The molecule has 13 heteroatoms. The van der Waals surface area contributed by atoms with Gasteiger partial charge in [-0.05, 0) is 68.4 Å². The summed E-state index contributed by atoms with van der Waals surface area (Å²) in [7, 11) is -6.03. The van der Waals surface area contributed by atoms with Crippen LogP contribution in [0, 0.1) is 5.92 Å². The van der Waals surface area contributed by atoms with Gasteiger partial charge in [0.2, 0.25) is 8.32 Å². The van der Waals surface area contributed by atoms with Crippen molar-refractivity contribution in [2.45, 2.75) is 84.3 Å². The van der Waals surface area contributed by atoms with Crippen molar-refractivity contribution in [2.75, 3.05) is 38.8 Å². The average molecular weight is 637 g/mol. The quantitative estimate of drug-likeness (QED) is 0.127. The van der Waals surface area contributed by atoms with Crippen LogP contribution in [-0.2, 0) is 24.3 Å². The molecule has 11 nitrogen and oxygen atoms in total. The highest BCUT2D eigenvalue weighted by atomic mass is 32.2. The average Bonchev–Trinajstić information content (AvgIpc) is 3.54. The topological polar surface area (TPSA) is 127 Å². The largest absolute Gasteiger partial charge is 0.543 e. The summed E-state index contributed by atoms with van der Waals surface area (Å²) in [5.74, 6) is 0.238. The molecule has 240 valence electrons. The molecule has 0 radical (unpaired) electrons. The number of nitrogens with zero attached hydrogens (tertiary/aromatic N) is 4. The molecule has 1 aliphatic heterocycles. The molecule has 0 saturated carbocycles. The van der Waals surface area contributed by atoms with Crippen LogP contribution in [0.25, 0.3) is 22.2 Å². The Bertz CT molecular complexity index is 1460. The SMILES string of the molecule is CC(COCCOCC(C)n1cc(-c2nn(C3CCCCO3)c3ccc(O[Si](C)(C)C(C)(C)C)cc23)cn1)CS(=O)(=O)O. The summed E-state index contributed by atoms with van der Waals surface area (Å²) in [5.41, 5.74) is 2.77. The summed E-state index contributed by atoms with van der Waals surface area (Å²) in [6.45, 7) is 17.1. The molecule has 1 N–H and O–H groups in total. The van der Waals surface area contributed by atoms with Gasteiger partial charge in [0.05, 0.1) is 49.9 Å². The van der Waals surface area contributed by atoms with Gasteiger partial charge in [0.1, 0.15) is 11.4 Å². The lowest BCUT2D eigenvalue weighted by molar-refractivity contribution is -0.0365. The molecule has 0 amide bonds. The number of benzene rings is 1. The lowest BCUT2D eigenvalue weighted by atomic mass is 10.1. The molecule has 1 aromatic carbocycles. The molecule has 3 atom stereocenters. The Labute approximate surface area is 256 Å². The summed E-state index contributed by atoms with van der Waals surface area (Å²) in [6.07, 6.45) is 6.84. The van der Waals surface area contributed by atoms with Crippen molar-refractivity contribution in [1.29, 1.82) is 0 Å². The van der Waals surface area contributed by atoms with E-state index >= 15 is 0 Å². The third-order valence-electron chi connectivity index (χ3n) is 8.24. The van der Waals surface area contributed by atoms with Crippen LogP contribution < -0.4 is 4.43 Å². The second-order valence-electron chi connectivity index (χ2n) is 13.2. The number of hydrogen-bond acceptors (Lipinski definition) is 8. The van der Waals surface area contributed by atoms with Crippen molar-refractivity contribution < 1.29 is 31.6 Å². The maximum absolute atomic E-state index is 11.0. The second kappa shape index (κ2) is 13.8. The molecule has 2 aromatic heterocycles. The van der Waals surface area contributed by atoms with Crippen LogP contribution in [0.15, 0.2) is 30.6 Å². The Morgan fingerprint density at radius 2 is 1.86 bits per heavy atom. The minimum absolute atomic E-state index is 0.0280. The van der Waals surface area contributed by atoms with Gasteiger partial charge in [-0.1, -0.05) is 27.7 Å². The summed E-state index contributed by atoms with van der Waals surface area (Å²) < 4.78 is 58.8. The van der Waals surface area contributed by atoms with Crippen molar-refractivity contribution >= 4 is 29.3 Å². The van der Waals surface area contributed by atoms with Crippen LogP contribution in [0.5, 0.6) is 5.75 Å². The van der Waals surface area contributed by atoms with Crippen molar-refractivity contribution in [3.05, 3.63) is 30.6 Å². The highest BCUT2D eigenvalue weighted by molar-refractivity contribution is 7.85. The van der Waals surface area contributed by atoms with Crippen LogP contribution in [0.2, 0.25) is 18.1 Å².